The Hall–Kier alpha value is -2.78. The van der Waals surface area contributed by atoms with Gasteiger partial charge < -0.3 is 29.7 Å². The third-order valence-corrected chi connectivity index (χ3v) is 7.29. The number of pyridine rings is 1. The number of amides is 1. The quantitative estimate of drug-likeness (QED) is 0.664. The summed E-state index contributed by atoms with van der Waals surface area (Å²) in [6.07, 6.45) is 4.28. The van der Waals surface area contributed by atoms with Gasteiger partial charge in [0.1, 0.15) is 5.82 Å². The van der Waals surface area contributed by atoms with Gasteiger partial charge in [-0.3, -0.25) is 9.69 Å². The summed E-state index contributed by atoms with van der Waals surface area (Å²) in [5, 5.41) is 7.34. The van der Waals surface area contributed by atoms with Crippen LogP contribution >= 0.6 is 0 Å². The normalized spacial score (nSPS) is 20.5. The lowest BCUT2D eigenvalue weighted by Gasteiger charge is -2.36. The highest BCUT2D eigenvalue weighted by atomic mass is 16.5. The van der Waals surface area contributed by atoms with E-state index in [1.807, 2.05) is 6.07 Å². The molecule has 2 bridgehead atoms. The zero-order chi connectivity index (χ0) is 25.5. The first-order valence-corrected chi connectivity index (χ1v) is 13.1. The standard InChI is InChI=1S/C27H41N5O4/c1-5-31-11-7-6-10-28-16-24(33)29-15-19-9-8-12-32(17-19)27-20(18-31)13-21-22(30-27)14-23(34-2)26(36-4)25(21)35-3/h13-14,19,28H,5-12,15-18H2,1-4H3,(H,29,33). The van der Waals surface area contributed by atoms with Crippen molar-refractivity contribution in [3.05, 3.63) is 17.7 Å². The minimum absolute atomic E-state index is 0.0760. The molecule has 1 fully saturated rings. The van der Waals surface area contributed by atoms with Crippen molar-refractivity contribution in [2.45, 2.75) is 39.2 Å². The Balaban J connectivity index is 1.79. The fraction of sp³-hybridized carbons (Fsp3) is 0.630. The van der Waals surface area contributed by atoms with Crippen LogP contribution < -0.4 is 29.7 Å². The van der Waals surface area contributed by atoms with Gasteiger partial charge in [-0.05, 0) is 57.3 Å². The third-order valence-electron chi connectivity index (χ3n) is 7.29. The summed E-state index contributed by atoms with van der Waals surface area (Å²) in [7, 11) is 4.92. The van der Waals surface area contributed by atoms with Crippen molar-refractivity contribution in [1.29, 1.82) is 0 Å². The van der Waals surface area contributed by atoms with Gasteiger partial charge in [0.25, 0.3) is 0 Å². The Morgan fingerprint density at radius 1 is 1.06 bits per heavy atom. The number of rotatable bonds is 4. The molecule has 2 aromatic rings. The molecule has 1 aromatic carbocycles. The number of hydrogen-bond donors (Lipinski definition) is 2. The predicted octanol–water partition coefficient (Wildman–Crippen LogP) is 2.80. The van der Waals surface area contributed by atoms with Gasteiger partial charge in [-0.2, -0.15) is 0 Å². The monoisotopic (exact) mass is 499 g/mol. The van der Waals surface area contributed by atoms with Gasteiger partial charge in [-0.15, -0.1) is 0 Å². The van der Waals surface area contributed by atoms with Gasteiger partial charge in [0.05, 0.1) is 33.4 Å². The lowest BCUT2D eigenvalue weighted by atomic mass is 9.97. The molecule has 36 heavy (non-hydrogen) atoms. The van der Waals surface area contributed by atoms with Crippen LogP contribution in [0.15, 0.2) is 12.1 Å². The van der Waals surface area contributed by atoms with Crippen LogP contribution in [0.3, 0.4) is 0 Å². The summed E-state index contributed by atoms with van der Waals surface area (Å²) < 4.78 is 17.1. The molecule has 9 heteroatoms. The number of carbonyl (C=O) groups excluding carboxylic acids is 1. The molecule has 1 aromatic heterocycles. The summed E-state index contributed by atoms with van der Waals surface area (Å²) in [4.78, 5) is 22.4. The molecule has 2 aliphatic heterocycles. The van der Waals surface area contributed by atoms with Crippen molar-refractivity contribution < 1.29 is 19.0 Å². The lowest BCUT2D eigenvalue weighted by molar-refractivity contribution is -0.120. The highest BCUT2D eigenvalue weighted by Crippen LogP contribution is 2.44. The maximum atomic E-state index is 12.3. The Morgan fingerprint density at radius 2 is 1.89 bits per heavy atom. The number of anilines is 1. The molecule has 3 heterocycles. The van der Waals surface area contributed by atoms with Crippen LogP contribution in [-0.4, -0.2) is 82.9 Å². The summed E-state index contributed by atoms with van der Waals surface area (Å²) in [5.41, 5.74) is 2.01. The Bertz CT molecular complexity index is 1050. The smallest absolute Gasteiger partial charge is 0.233 e. The van der Waals surface area contributed by atoms with Crippen molar-refractivity contribution in [3.8, 4) is 17.2 Å². The number of ether oxygens (including phenoxy) is 3. The summed E-state index contributed by atoms with van der Waals surface area (Å²) in [6, 6.07) is 4.15. The number of carbonyl (C=O) groups is 1. The van der Waals surface area contributed by atoms with Crippen molar-refractivity contribution in [3.63, 3.8) is 0 Å². The number of methoxy groups -OCH3 is 3. The third kappa shape index (κ3) is 5.95. The highest BCUT2D eigenvalue weighted by molar-refractivity contribution is 5.92. The zero-order valence-corrected chi connectivity index (χ0v) is 22.2. The van der Waals surface area contributed by atoms with Gasteiger partial charge in [-0.1, -0.05) is 6.92 Å². The Morgan fingerprint density at radius 3 is 2.64 bits per heavy atom. The second-order valence-electron chi connectivity index (χ2n) is 9.69. The predicted molar refractivity (Wildman–Crippen MR) is 142 cm³/mol. The van der Waals surface area contributed by atoms with E-state index in [-0.39, 0.29) is 5.91 Å². The molecule has 2 aliphatic rings. The number of hydrogen-bond acceptors (Lipinski definition) is 8. The van der Waals surface area contributed by atoms with E-state index >= 15 is 0 Å². The van der Waals surface area contributed by atoms with E-state index in [0.29, 0.717) is 36.3 Å². The van der Waals surface area contributed by atoms with Crippen molar-refractivity contribution in [1.82, 2.24) is 20.5 Å². The van der Waals surface area contributed by atoms with E-state index in [1.165, 1.54) is 5.56 Å². The maximum absolute atomic E-state index is 12.3. The van der Waals surface area contributed by atoms with Crippen LogP contribution in [0, 0.1) is 5.92 Å². The van der Waals surface area contributed by atoms with Gasteiger partial charge in [0.15, 0.2) is 11.5 Å². The topological polar surface area (TPSA) is 88.2 Å². The largest absolute Gasteiger partial charge is 0.493 e. The van der Waals surface area contributed by atoms with E-state index in [1.54, 1.807) is 21.3 Å². The molecule has 0 spiro atoms. The number of nitrogens with zero attached hydrogens (tertiary/aromatic N) is 3. The molecule has 1 amide bonds. The highest BCUT2D eigenvalue weighted by Gasteiger charge is 2.26. The molecule has 1 atom stereocenters. The van der Waals surface area contributed by atoms with Gasteiger partial charge in [-0.25, -0.2) is 4.98 Å². The van der Waals surface area contributed by atoms with Gasteiger partial charge in [0, 0.05) is 43.2 Å². The van der Waals surface area contributed by atoms with Gasteiger partial charge >= 0.3 is 0 Å². The minimum Gasteiger partial charge on any atom is -0.493 e. The molecule has 4 rings (SSSR count). The fourth-order valence-electron chi connectivity index (χ4n) is 5.33. The van der Waals surface area contributed by atoms with E-state index < -0.39 is 0 Å². The summed E-state index contributed by atoms with van der Waals surface area (Å²) in [5.74, 6) is 3.31. The molecular formula is C27H41N5O4. The molecule has 0 radical (unpaired) electrons. The van der Waals surface area contributed by atoms with Crippen LogP contribution in [0.25, 0.3) is 10.9 Å². The van der Waals surface area contributed by atoms with Crippen molar-refractivity contribution in [2.75, 3.05) is 72.0 Å². The van der Waals surface area contributed by atoms with E-state index in [4.69, 9.17) is 19.2 Å². The maximum Gasteiger partial charge on any atom is 0.233 e. The first-order valence-electron chi connectivity index (χ1n) is 13.1. The van der Waals surface area contributed by atoms with E-state index in [2.05, 4.69) is 33.4 Å². The molecular weight excluding hydrogens is 458 g/mol. The zero-order valence-electron chi connectivity index (χ0n) is 22.2. The molecule has 0 aliphatic carbocycles. The SMILES string of the molecule is CCN1CCCCNCC(=O)NCC2CCCN(C2)c2nc3cc(OC)c(OC)c(OC)c3cc2C1. The second kappa shape index (κ2) is 12.5. The average Bonchev–Trinajstić information content (AvgIpc) is 2.91. The molecule has 0 saturated carbocycles. The van der Waals surface area contributed by atoms with Gasteiger partial charge in [0.2, 0.25) is 11.7 Å². The lowest BCUT2D eigenvalue weighted by Crippen LogP contribution is -2.43. The first kappa shape index (κ1) is 26.3. The fourth-order valence-corrected chi connectivity index (χ4v) is 5.33. The first-order chi connectivity index (χ1) is 17.6. The van der Waals surface area contributed by atoms with Crippen LogP contribution in [0.5, 0.6) is 17.2 Å². The molecule has 1 saturated heterocycles. The second-order valence-corrected chi connectivity index (χ2v) is 9.69. The molecule has 2 N–H and O–H groups in total. The van der Waals surface area contributed by atoms with Crippen LogP contribution in [-0.2, 0) is 11.3 Å². The van der Waals surface area contributed by atoms with Crippen molar-refractivity contribution >= 4 is 22.6 Å². The molecule has 198 valence electrons. The molecule has 1 unspecified atom stereocenters. The van der Waals surface area contributed by atoms with Crippen LogP contribution in [0.2, 0.25) is 0 Å². The Kier molecular flexibility index (Phi) is 9.09. The number of benzene rings is 1. The van der Waals surface area contributed by atoms with Crippen molar-refractivity contribution in [2.24, 2.45) is 5.92 Å². The number of nitrogens with one attached hydrogen (secondary N) is 2. The number of aromatic nitrogens is 1. The summed E-state index contributed by atoms with van der Waals surface area (Å²) >= 11 is 0. The van der Waals surface area contributed by atoms with Crippen LogP contribution in [0.4, 0.5) is 5.82 Å². The summed E-state index contributed by atoms with van der Waals surface area (Å²) in [6.45, 7) is 8.73. The average molecular weight is 500 g/mol. The Labute approximate surface area is 214 Å². The van der Waals surface area contributed by atoms with E-state index in [0.717, 1.165) is 81.7 Å². The van der Waals surface area contributed by atoms with Crippen LogP contribution in [0.1, 0.15) is 38.2 Å². The minimum atomic E-state index is 0.0760. The number of piperidine rings is 1. The molecule has 9 nitrogen and oxygen atoms in total. The number of fused-ring (bicyclic) bond motifs is 5. The van der Waals surface area contributed by atoms with E-state index in [9.17, 15) is 4.79 Å².